The van der Waals surface area contributed by atoms with Gasteiger partial charge in [0.25, 0.3) is 0 Å². The van der Waals surface area contributed by atoms with Crippen LogP contribution in [0.4, 0.5) is 10.5 Å². The highest BCUT2D eigenvalue weighted by Gasteiger charge is 2.50. The van der Waals surface area contributed by atoms with E-state index in [-0.39, 0.29) is 11.6 Å². The number of carbonyl (C=O) groups is 1. The zero-order valence-electron chi connectivity index (χ0n) is 12.2. The van der Waals surface area contributed by atoms with Crippen molar-refractivity contribution in [2.75, 3.05) is 24.6 Å². The summed E-state index contributed by atoms with van der Waals surface area (Å²) in [5.41, 5.74) is 1.87. The summed E-state index contributed by atoms with van der Waals surface area (Å²) >= 11 is 0. The summed E-state index contributed by atoms with van der Waals surface area (Å²) in [4.78, 5) is 14.2. The van der Waals surface area contributed by atoms with Gasteiger partial charge in [-0.05, 0) is 57.3 Å². The number of nitrogens with one attached hydrogen (secondary N) is 1. The maximum absolute atomic E-state index is 12.3. The van der Waals surface area contributed by atoms with Crippen molar-refractivity contribution in [1.82, 2.24) is 5.32 Å². The standard InChI is InChI=1S/C16H22N2O2/c1-12-5-3-4-6-14(12)18-15(19)20-11-16(18,2)13-7-9-17-10-8-13/h3-6,13,17H,7-11H2,1-2H3. The van der Waals surface area contributed by atoms with Gasteiger partial charge in [0.1, 0.15) is 6.61 Å². The topological polar surface area (TPSA) is 41.6 Å². The smallest absolute Gasteiger partial charge is 0.415 e. The molecule has 0 aliphatic carbocycles. The van der Waals surface area contributed by atoms with Gasteiger partial charge in [-0.2, -0.15) is 0 Å². The second kappa shape index (κ2) is 5.09. The summed E-state index contributed by atoms with van der Waals surface area (Å²) < 4.78 is 5.41. The van der Waals surface area contributed by atoms with E-state index in [2.05, 4.69) is 12.2 Å². The fourth-order valence-electron chi connectivity index (χ4n) is 3.48. The van der Waals surface area contributed by atoms with Gasteiger partial charge in [-0.3, -0.25) is 4.90 Å². The maximum Gasteiger partial charge on any atom is 0.415 e. The molecule has 0 radical (unpaired) electrons. The molecular formula is C16H22N2O2. The predicted molar refractivity (Wildman–Crippen MR) is 79.0 cm³/mol. The summed E-state index contributed by atoms with van der Waals surface area (Å²) in [5.74, 6) is 0.481. The predicted octanol–water partition coefficient (Wildman–Crippen LogP) is 2.71. The van der Waals surface area contributed by atoms with Crippen molar-refractivity contribution in [3.8, 4) is 0 Å². The third-order valence-corrected chi connectivity index (χ3v) is 4.76. The lowest BCUT2D eigenvalue weighted by Crippen LogP contribution is -2.53. The average Bonchev–Trinajstić information content (AvgIpc) is 2.78. The third kappa shape index (κ3) is 2.08. The first-order valence-corrected chi connectivity index (χ1v) is 7.36. The molecule has 1 aromatic rings. The number of nitrogens with zero attached hydrogens (tertiary/aromatic N) is 1. The Morgan fingerprint density at radius 3 is 2.70 bits per heavy atom. The van der Waals surface area contributed by atoms with Gasteiger partial charge in [-0.1, -0.05) is 18.2 Å². The van der Waals surface area contributed by atoms with Gasteiger partial charge in [0, 0.05) is 0 Å². The van der Waals surface area contributed by atoms with Crippen LogP contribution in [0.2, 0.25) is 0 Å². The molecule has 2 aliphatic rings. The van der Waals surface area contributed by atoms with Crippen LogP contribution >= 0.6 is 0 Å². The van der Waals surface area contributed by atoms with Crippen LogP contribution in [-0.2, 0) is 4.74 Å². The van der Waals surface area contributed by atoms with E-state index in [4.69, 9.17) is 4.74 Å². The molecular weight excluding hydrogens is 252 g/mol. The lowest BCUT2D eigenvalue weighted by atomic mass is 9.79. The van der Waals surface area contributed by atoms with Crippen LogP contribution in [0.1, 0.15) is 25.3 Å². The molecule has 1 N–H and O–H groups in total. The molecule has 20 heavy (non-hydrogen) atoms. The van der Waals surface area contributed by atoms with Crippen molar-refractivity contribution in [2.45, 2.75) is 32.2 Å². The second-order valence-electron chi connectivity index (χ2n) is 6.06. The van der Waals surface area contributed by atoms with Crippen LogP contribution in [0.25, 0.3) is 0 Å². The number of anilines is 1. The molecule has 0 bridgehead atoms. The zero-order valence-corrected chi connectivity index (χ0v) is 12.2. The Kier molecular flexibility index (Phi) is 3.42. The van der Waals surface area contributed by atoms with Gasteiger partial charge in [-0.15, -0.1) is 0 Å². The van der Waals surface area contributed by atoms with Crippen LogP contribution in [0.5, 0.6) is 0 Å². The fraction of sp³-hybridized carbons (Fsp3) is 0.562. The third-order valence-electron chi connectivity index (χ3n) is 4.76. The number of piperidine rings is 1. The first kappa shape index (κ1) is 13.4. The second-order valence-corrected chi connectivity index (χ2v) is 6.06. The summed E-state index contributed by atoms with van der Waals surface area (Å²) in [6, 6.07) is 8.05. The van der Waals surface area contributed by atoms with Crippen molar-refractivity contribution >= 4 is 11.8 Å². The molecule has 2 saturated heterocycles. The van der Waals surface area contributed by atoms with Gasteiger partial charge < -0.3 is 10.1 Å². The van der Waals surface area contributed by atoms with E-state index in [1.54, 1.807) is 0 Å². The SMILES string of the molecule is Cc1ccccc1N1C(=O)OCC1(C)C1CCNCC1. The Morgan fingerprint density at radius 1 is 1.30 bits per heavy atom. The van der Waals surface area contributed by atoms with Crippen molar-refractivity contribution < 1.29 is 9.53 Å². The van der Waals surface area contributed by atoms with E-state index >= 15 is 0 Å². The van der Waals surface area contributed by atoms with Crippen molar-refractivity contribution in [3.05, 3.63) is 29.8 Å². The number of hydrogen-bond acceptors (Lipinski definition) is 3. The Hall–Kier alpha value is -1.55. The highest BCUT2D eigenvalue weighted by atomic mass is 16.6. The average molecular weight is 274 g/mol. The monoisotopic (exact) mass is 274 g/mol. The highest BCUT2D eigenvalue weighted by Crippen LogP contribution is 2.40. The molecule has 2 fully saturated rings. The Bertz CT molecular complexity index is 511. The minimum Gasteiger partial charge on any atom is -0.447 e. The van der Waals surface area contributed by atoms with Crippen LogP contribution in [0.3, 0.4) is 0 Å². The normalized spacial score (nSPS) is 27.7. The van der Waals surface area contributed by atoms with Crippen molar-refractivity contribution in [2.24, 2.45) is 5.92 Å². The fourth-order valence-corrected chi connectivity index (χ4v) is 3.48. The van der Waals surface area contributed by atoms with Crippen LogP contribution < -0.4 is 10.2 Å². The molecule has 1 aromatic carbocycles. The van der Waals surface area contributed by atoms with Gasteiger partial charge in [0.15, 0.2) is 0 Å². The number of aryl methyl sites for hydroxylation is 1. The Labute approximate surface area is 120 Å². The van der Waals surface area contributed by atoms with Crippen molar-refractivity contribution in [3.63, 3.8) is 0 Å². The van der Waals surface area contributed by atoms with Gasteiger partial charge in [-0.25, -0.2) is 4.79 Å². The number of amides is 1. The Morgan fingerprint density at radius 2 is 2.00 bits per heavy atom. The number of benzene rings is 1. The van der Waals surface area contributed by atoms with Crippen LogP contribution in [-0.4, -0.2) is 31.3 Å². The molecule has 2 aliphatic heterocycles. The molecule has 4 heteroatoms. The molecule has 3 rings (SSSR count). The van der Waals surface area contributed by atoms with Crippen molar-refractivity contribution in [1.29, 1.82) is 0 Å². The first-order valence-electron chi connectivity index (χ1n) is 7.36. The number of ether oxygens (including phenoxy) is 1. The highest BCUT2D eigenvalue weighted by molar-refractivity contribution is 5.92. The molecule has 0 aromatic heterocycles. The van der Waals surface area contributed by atoms with E-state index < -0.39 is 0 Å². The molecule has 108 valence electrons. The molecule has 1 unspecified atom stereocenters. The maximum atomic E-state index is 12.3. The quantitative estimate of drug-likeness (QED) is 0.901. The zero-order chi connectivity index (χ0) is 14.2. The van der Waals surface area contributed by atoms with E-state index in [1.165, 1.54) is 0 Å². The minimum absolute atomic E-state index is 0.208. The minimum atomic E-state index is -0.231. The lowest BCUT2D eigenvalue weighted by molar-refractivity contribution is 0.156. The van der Waals surface area contributed by atoms with E-state index in [0.717, 1.165) is 37.2 Å². The Balaban J connectivity index is 1.97. The molecule has 0 spiro atoms. The molecule has 4 nitrogen and oxygen atoms in total. The number of carbonyl (C=O) groups excluding carboxylic acids is 1. The van der Waals surface area contributed by atoms with Gasteiger partial charge >= 0.3 is 6.09 Å². The molecule has 1 atom stereocenters. The largest absolute Gasteiger partial charge is 0.447 e. The van der Waals surface area contributed by atoms with Crippen LogP contribution in [0, 0.1) is 12.8 Å². The lowest BCUT2D eigenvalue weighted by Gasteiger charge is -2.41. The molecule has 0 saturated carbocycles. The van der Waals surface area contributed by atoms with Gasteiger partial charge in [0.2, 0.25) is 0 Å². The number of para-hydroxylation sites is 1. The van der Waals surface area contributed by atoms with Crippen LogP contribution in [0.15, 0.2) is 24.3 Å². The number of rotatable bonds is 2. The number of hydrogen-bond donors (Lipinski definition) is 1. The number of cyclic esters (lactones) is 1. The van der Waals surface area contributed by atoms with E-state index in [0.29, 0.717) is 12.5 Å². The van der Waals surface area contributed by atoms with E-state index in [9.17, 15) is 4.79 Å². The molecule has 1 amide bonds. The summed E-state index contributed by atoms with van der Waals surface area (Å²) in [6.07, 6.45) is 1.98. The van der Waals surface area contributed by atoms with E-state index in [1.807, 2.05) is 36.1 Å². The first-order chi connectivity index (χ1) is 9.63. The molecule has 2 heterocycles. The summed E-state index contributed by atoms with van der Waals surface area (Å²) in [6.45, 7) is 6.75. The van der Waals surface area contributed by atoms with Gasteiger partial charge in [0.05, 0.1) is 11.2 Å². The summed E-state index contributed by atoms with van der Waals surface area (Å²) in [7, 11) is 0. The summed E-state index contributed by atoms with van der Waals surface area (Å²) in [5, 5.41) is 3.39.